The fourth-order valence-electron chi connectivity index (χ4n) is 1.80. The lowest BCUT2D eigenvalue weighted by Crippen LogP contribution is -2.02. The molecule has 0 fully saturated rings. The van der Waals surface area contributed by atoms with Crippen LogP contribution in [0.5, 0.6) is 11.5 Å². The molecule has 0 spiro atoms. The van der Waals surface area contributed by atoms with Crippen LogP contribution in [0.15, 0.2) is 29.4 Å². The zero-order chi connectivity index (χ0) is 14.8. The third-order valence-corrected chi connectivity index (χ3v) is 2.69. The molecule has 0 N–H and O–H groups in total. The molecule has 4 heteroatoms. The van der Waals surface area contributed by atoms with Gasteiger partial charge in [0.25, 0.3) is 0 Å². The summed E-state index contributed by atoms with van der Waals surface area (Å²) in [6.45, 7) is 7.18. The van der Waals surface area contributed by atoms with Crippen molar-refractivity contribution in [2.75, 3.05) is 20.3 Å². The molecule has 1 aromatic carbocycles. The maximum atomic E-state index is 5.78. The van der Waals surface area contributed by atoms with E-state index in [9.17, 15) is 0 Å². The van der Waals surface area contributed by atoms with Crippen LogP contribution in [-0.2, 0) is 4.84 Å². The van der Waals surface area contributed by atoms with Gasteiger partial charge >= 0.3 is 0 Å². The lowest BCUT2D eigenvalue weighted by Gasteiger charge is -2.13. The fourth-order valence-corrected chi connectivity index (χ4v) is 1.80. The minimum Gasteiger partial charge on any atom is -0.493 e. The summed E-state index contributed by atoms with van der Waals surface area (Å²) in [5, 5.41) is 3.67. The van der Waals surface area contributed by atoms with Gasteiger partial charge in [-0.15, -0.1) is 0 Å². The largest absolute Gasteiger partial charge is 0.493 e. The highest BCUT2D eigenvalue weighted by Crippen LogP contribution is 2.28. The molecule has 1 rings (SSSR count). The van der Waals surface area contributed by atoms with Crippen LogP contribution in [0.1, 0.15) is 24.5 Å². The molecule has 0 aliphatic rings. The third kappa shape index (κ3) is 5.34. The van der Waals surface area contributed by atoms with Gasteiger partial charge in [0.1, 0.15) is 25.2 Å². The first-order valence-electron chi connectivity index (χ1n) is 6.72. The van der Waals surface area contributed by atoms with Crippen molar-refractivity contribution in [2.45, 2.75) is 27.2 Å². The molecule has 0 amide bonds. The highest BCUT2D eigenvalue weighted by Gasteiger charge is 2.06. The maximum Gasteiger partial charge on any atom is 0.125 e. The average molecular weight is 277 g/mol. The molecule has 0 saturated carbocycles. The van der Waals surface area contributed by atoms with Gasteiger partial charge in [-0.25, -0.2) is 0 Å². The number of rotatable bonds is 8. The molecule has 0 aliphatic heterocycles. The average Bonchev–Trinajstić information content (AvgIpc) is 2.41. The molecule has 0 bridgehead atoms. The molecule has 20 heavy (non-hydrogen) atoms. The Labute approximate surface area is 121 Å². The summed E-state index contributed by atoms with van der Waals surface area (Å²) in [6, 6.07) is 3.99. The van der Waals surface area contributed by atoms with Gasteiger partial charge in [-0.3, -0.25) is 0 Å². The smallest absolute Gasteiger partial charge is 0.125 e. The van der Waals surface area contributed by atoms with Gasteiger partial charge in [0.15, 0.2) is 0 Å². The van der Waals surface area contributed by atoms with E-state index in [1.807, 2.05) is 45.1 Å². The lowest BCUT2D eigenvalue weighted by atomic mass is 10.1. The van der Waals surface area contributed by atoms with Crippen molar-refractivity contribution < 1.29 is 14.3 Å². The Morgan fingerprint density at radius 3 is 2.45 bits per heavy atom. The summed E-state index contributed by atoms with van der Waals surface area (Å²) in [7, 11) is 1.53. The number of hydrogen-bond acceptors (Lipinski definition) is 4. The van der Waals surface area contributed by atoms with E-state index in [2.05, 4.69) is 9.99 Å². The molecule has 0 heterocycles. The number of oxime groups is 1. The van der Waals surface area contributed by atoms with Gasteiger partial charge < -0.3 is 14.3 Å². The van der Waals surface area contributed by atoms with Crippen molar-refractivity contribution in [1.29, 1.82) is 0 Å². The topological polar surface area (TPSA) is 40.0 Å². The zero-order valence-corrected chi connectivity index (χ0v) is 12.7. The number of hydrogen-bond donors (Lipinski definition) is 0. The van der Waals surface area contributed by atoms with Crippen LogP contribution in [0.25, 0.3) is 0 Å². The van der Waals surface area contributed by atoms with Crippen LogP contribution < -0.4 is 9.47 Å². The highest BCUT2D eigenvalue weighted by atomic mass is 16.6. The summed E-state index contributed by atoms with van der Waals surface area (Å²) in [4.78, 5) is 4.60. The molecule has 0 saturated heterocycles. The van der Waals surface area contributed by atoms with E-state index in [0.29, 0.717) is 19.6 Å². The third-order valence-electron chi connectivity index (χ3n) is 2.69. The summed E-state index contributed by atoms with van der Waals surface area (Å²) in [6.07, 6.45) is 6.36. The fraction of sp³-hybridized carbons (Fsp3) is 0.438. The van der Waals surface area contributed by atoms with Gasteiger partial charge in [0.2, 0.25) is 0 Å². The first-order chi connectivity index (χ1) is 9.69. The first kappa shape index (κ1) is 16.1. The summed E-state index contributed by atoms with van der Waals surface area (Å²) in [5.41, 5.74) is 2.15. The monoisotopic (exact) mass is 277 g/mol. The second-order valence-corrected chi connectivity index (χ2v) is 4.37. The van der Waals surface area contributed by atoms with Crippen molar-refractivity contribution in [3.05, 3.63) is 35.4 Å². The zero-order valence-electron chi connectivity index (χ0n) is 12.7. The lowest BCUT2D eigenvalue weighted by molar-refractivity contribution is 0.213. The van der Waals surface area contributed by atoms with E-state index in [0.717, 1.165) is 22.6 Å². The molecule has 0 atom stereocenters. The van der Waals surface area contributed by atoms with Crippen LogP contribution >= 0.6 is 0 Å². The predicted octanol–water partition coefficient (Wildman–Crippen LogP) is 3.66. The molecule has 0 aliphatic carbocycles. The van der Waals surface area contributed by atoms with Gasteiger partial charge in [0, 0.05) is 12.6 Å². The predicted molar refractivity (Wildman–Crippen MR) is 81.8 cm³/mol. The number of ether oxygens (including phenoxy) is 2. The maximum absolute atomic E-state index is 5.78. The van der Waals surface area contributed by atoms with Crippen LogP contribution in [0.4, 0.5) is 0 Å². The Bertz CT molecular complexity index is 444. The summed E-state index contributed by atoms with van der Waals surface area (Å²) in [5.74, 6) is 1.78. The molecule has 4 nitrogen and oxygen atoms in total. The SMILES string of the molecule is C/C=C/COc1cc(C)c(OCC/C=N/OC)c(C)c1. The Hall–Kier alpha value is -1.97. The number of aryl methyl sites for hydroxylation is 2. The molecule has 110 valence electrons. The minimum atomic E-state index is 0.577. The van der Waals surface area contributed by atoms with Gasteiger partial charge in [0.05, 0.1) is 6.61 Å². The van der Waals surface area contributed by atoms with Gasteiger partial charge in [-0.1, -0.05) is 17.3 Å². The van der Waals surface area contributed by atoms with E-state index < -0.39 is 0 Å². The van der Waals surface area contributed by atoms with Gasteiger partial charge in [-0.2, -0.15) is 0 Å². The van der Waals surface area contributed by atoms with Crippen molar-refractivity contribution in [2.24, 2.45) is 5.16 Å². The molecular weight excluding hydrogens is 254 g/mol. The van der Waals surface area contributed by atoms with E-state index in [1.165, 1.54) is 7.11 Å². The molecule has 0 unspecified atom stereocenters. The van der Waals surface area contributed by atoms with Crippen molar-refractivity contribution in [1.82, 2.24) is 0 Å². The summed E-state index contributed by atoms with van der Waals surface area (Å²) < 4.78 is 11.4. The standard InChI is InChI=1S/C16H23NO3/c1-5-6-9-19-15-11-13(2)16(14(3)12-15)20-10-7-8-17-18-4/h5-6,8,11-12H,7,9-10H2,1-4H3/b6-5+,17-8+. The van der Waals surface area contributed by atoms with Crippen LogP contribution in [0, 0.1) is 13.8 Å². The first-order valence-corrected chi connectivity index (χ1v) is 6.72. The molecule has 0 aromatic heterocycles. The highest BCUT2D eigenvalue weighted by molar-refractivity contribution is 5.56. The molecule has 0 radical (unpaired) electrons. The number of allylic oxidation sites excluding steroid dienone is 1. The van der Waals surface area contributed by atoms with Crippen LogP contribution in [-0.4, -0.2) is 26.5 Å². The second kappa shape index (κ2) is 9.02. The van der Waals surface area contributed by atoms with Crippen molar-refractivity contribution in [3.63, 3.8) is 0 Å². The molecule has 1 aromatic rings. The van der Waals surface area contributed by atoms with Gasteiger partial charge in [-0.05, 0) is 44.0 Å². The quantitative estimate of drug-likeness (QED) is 0.315. The molecular formula is C16H23NO3. The summed E-state index contributed by atoms with van der Waals surface area (Å²) >= 11 is 0. The van der Waals surface area contributed by atoms with E-state index in [1.54, 1.807) is 6.21 Å². The Morgan fingerprint density at radius 1 is 1.15 bits per heavy atom. The second-order valence-electron chi connectivity index (χ2n) is 4.37. The Morgan fingerprint density at radius 2 is 1.85 bits per heavy atom. The Balaban J connectivity index is 2.61. The Kier molecular flexibility index (Phi) is 7.25. The number of nitrogens with zero attached hydrogens (tertiary/aromatic N) is 1. The van der Waals surface area contributed by atoms with Crippen LogP contribution in [0.2, 0.25) is 0 Å². The van der Waals surface area contributed by atoms with E-state index in [-0.39, 0.29) is 0 Å². The normalized spacial score (nSPS) is 11.2. The minimum absolute atomic E-state index is 0.577. The van der Waals surface area contributed by atoms with E-state index in [4.69, 9.17) is 9.47 Å². The van der Waals surface area contributed by atoms with Crippen molar-refractivity contribution >= 4 is 6.21 Å². The van der Waals surface area contributed by atoms with Crippen LogP contribution in [0.3, 0.4) is 0 Å². The van der Waals surface area contributed by atoms with Crippen molar-refractivity contribution in [3.8, 4) is 11.5 Å². The number of benzene rings is 1. The van der Waals surface area contributed by atoms with E-state index >= 15 is 0 Å².